The van der Waals surface area contributed by atoms with Crippen molar-refractivity contribution < 1.29 is 0 Å². The summed E-state index contributed by atoms with van der Waals surface area (Å²) in [5, 5.41) is 11.0. The summed E-state index contributed by atoms with van der Waals surface area (Å²) in [6.07, 6.45) is 4.09. The lowest BCUT2D eigenvalue weighted by atomic mass is 9.92. The first-order chi connectivity index (χ1) is 11.0. The van der Waals surface area contributed by atoms with Crippen molar-refractivity contribution in [2.24, 2.45) is 0 Å². The molecule has 122 valence electrons. The first-order valence-corrected chi connectivity index (χ1v) is 8.38. The maximum absolute atomic E-state index is 4.74. The third-order valence-corrected chi connectivity index (χ3v) is 4.49. The zero-order chi connectivity index (χ0) is 16.4. The molecule has 23 heavy (non-hydrogen) atoms. The van der Waals surface area contributed by atoms with Gasteiger partial charge in [0, 0.05) is 17.8 Å². The molecule has 7 heteroatoms. The fourth-order valence-corrected chi connectivity index (χ4v) is 3.09. The summed E-state index contributed by atoms with van der Waals surface area (Å²) < 4.78 is 0. The van der Waals surface area contributed by atoms with Crippen LogP contribution in [0.4, 0.5) is 5.95 Å². The van der Waals surface area contributed by atoms with Crippen LogP contribution in [0.1, 0.15) is 38.3 Å². The highest BCUT2D eigenvalue weighted by molar-refractivity contribution is 6.34. The average molecular weight is 312 g/mol. The lowest BCUT2D eigenvalue weighted by Gasteiger charge is -2.29. The second kappa shape index (κ2) is 6.70. The van der Waals surface area contributed by atoms with Crippen LogP contribution in [0.25, 0.3) is 11.3 Å². The number of nitrogens with zero attached hydrogens (tertiary/aromatic N) is 4. The molecule has 0 saturated carbocycles. The van der Waals surface area contributed by atoms with Gasteiger partial charge in [0.05, 0.1) is 11.4 Å². The summed E-state index contributed by atoms with van der Waals surface area (Å²) in [5.41, 5.74) is 4.16. The largest absolute Gasteiger partial charge is 0.351 e. The molecule has 0 bridgehead atoms. The van der Waals surface area contributed by atoms with Crippen LogP contribution in [0.5, 0.6) is 0 Å². The van der Waals surface area contributed by atoms with Crippen LogP contribution in [-0.2, 0) is 0 Å². The molecule has 6 nitrogen and oxygen atoms in total. The molecule has 2 N–H and O–H groups in total. The number of piperidine rings is 1. The predicted molar refractivity (Wildman–Crippen MR) is 96.0 cm³/mol. The number of H-pyrrole nitrogens is 1. The third-order valence-electron chi connectivity index (χ3n) is 4.49. The van der Waals surface area contributed by atoms with Crippen molar-refractivity contribution >= 4 is 19.4 Å². The van der Waals surface area contributed by atoms with Crippen molar-refractivity contribution in [3.05, 3.63) is 18.0 Å². The Morgan fingerprint density at radius 3 is 2.78 bits per heavy atom. The van der Waals surface area contributed by atoms with Crippen molar-refractivity contribution in [1.82, 2.24) is 25.1 Å². The molecule has 1 aliphatic heterocycles. The van der Waals surface area contributed by atoms with E-state index < -0.39 is 0 Å². The van der Waals surface area contributed by atoms with Crippen LogP contribution in [-0.4, -0.2) is 59.1 Å². The van der Waals surface area contributed by atoms with Gasteiger partial charge < -0.3 is 10.2 Å². The number of hydrogen-bond acceptors (Lipinski definition) is 5. The Morgan fingerprint density at radius 1 is 1.35 bits per heavy atom. The second-order valence-electron chi connectivity index (χ2n) is 6.75. The van der Waals surface area contributed by atoms with Crippen LogP contribution >= 0.6 is 0 Å². The molecule has 0 spiro atoms. The van der Waals surface area contributed by atoms with Crippen molar-refractivity contribution in [2.75, 3.05) is 25.5 Å². The number of likely N-dealkylation sites (tertiary alicyclic amines) is 1. The lowest BCUT2D eigenvalue weighted by Crippen LogP contribution is -2.37. The summed E-state index contributed by atoms with van der Waals surface area (Å²) in [6.45, 7) is 6.54. The monoisotopic (exact) mass is 312 g/mol. The highest BCUT2D eigenvalue weighted by Crippen LogP contribution is 2.24. The first-order valence-electron chi connectivity index (χ1n) is 8.38. The summed E-state index contributed by atoms with van der Waals surface area (Å²) in [6, 6.07) is 2.42. The predicted octanol–water partition coefficient (Wildman–Crippen LogP) is 0.755. The fourth-order valence-electron chi connectivity index (χ4n) is 3.09. The lowest BCUT2D eigenvalue weighted by molar-refractivity contribution is 0.263. The molecule has 2 aromatic heterocycles. The fraction of sp³-hybridized carbons (Fsp3) is 0.562. The summed E-state index contributed by atoms with van der Waals surface area (Å²) >= 11 is 0. The Labute approximate surface area is 138 Å². The van der Waals surface area contributed by atoms with Gasteiger partial charge in [0.25, 0.3) is 0 Å². The van der Waals surface area contributed by atoms with Gasteiger partial charge in [-0.2, -0.15) is 5.10 Å². The van der Waals surface area contributed by atoms with E-state index in [1.807, 2.05) is 20.1 Å². The molecule has 1 fully saturated rings. The minimum absolute atomic E-state index is 0.357. The number of rotatable bonds is 4. The van der Waals surface area contributed by atoms with Crippen molar-refractivity contribution in [1.29, 1.82) is 0 Å². The molecule has 0 aromatic carbocycles. The highest BCUT2D eigenvalue weighted by Gasteiger charge is 2.19. The van der Waals surface area contributed by atoms with E-state index in [1.165, 1.54) is 0 Å². The summed E-state index contributed by atoms with van der Waals surface area (Å²) in [7, 11) is 4.21. The van der Waals surface area contributed by atoms with E-state index >= 15 is 0 Å². The zero-order valence-electron chi connectivity index (χ0n) is 14.4. The van der Waals surface area contributed by atoms with Gasteiger partial charge in [0.15, 0.2) is 7.85 Å². The van der Waals surface area contributed by atoms with Crippen molar-refractivity contribution in [3.8, 4) is 11.3 Å². The van der Waals surface area contributed by atoms with Gasteiger partial charge in [-0.15, -0.1) is 0 Å². The van der Waals surface area contributed by atoms with Crippen LogP contribution < -0.4 is 10.9 Å². The van der Waals surface area contributed by atoms with Crippen molar-refractivity contribution in [3.63, 3.8) is 0 Å². The second-order valence-corrected chi connectivity index (χ2v) is 6.75. The highest BCUT2D eigenvalue weighted by atomic mass is 15.2. The number of anilines is 1. The van der Waals surface area contributed by atoms with Crippen LogP contribution in [0, 0.1) is 0 Å². The number of nitrogens with one attached hydrogen (secondary N) is 2. The molecular weight excluding hydrogens is 287 g/mol. The SMILES string of the molecule is Bc1[nH]nc(C(C)C)c1-c1ccnc(NC2CCN(C)CC2)n1. The Hall–Kier alpha value is -1.89. The number of hydrogen-bond donors (Lipinski definition) is 2. The Bertz CT molecular complexity index is 660. The minimum Gasteiger partial charge on any atom is -0.351 e. The van der Waals surface area contributed by atoms with Gasteiger partial charge in [0.1, 0.15) is 0 Å². The number of aromatic nitrogens is 4. The maximum Gasteiger partial charge on any atom is 0.223 e. The van der Waals surface area contributed by atoms with Gasteiger partial charge in [0.2, 0.25) is 5.95 Å². The van der Waals surface area contributed by atoms with E-state index in [0.717, 1.165) is 48.5 Å². The Morgan fingerprint density at radius 2 is 2.09 bits per heavy atom. The Balaban J connectivity index is 1.82. The summed E-state index contributed by atoms with van der Waals surface area (Å²) in [5.74, 6) is 1.07. The van der Waals surface area contributed by atoms with E-state index in [4.69, 9.17) is 4.98 Å². The van der Waals surface area contributed by atoms with E-state index in [9.17, 15) is 0 Å². The molecule has 1 aliphatic rings. The normalized spacial score (nSPS) is 16.9. The van der Waals surface area contributed by atoms with Crippen LogP contribution in [0.2, 0.25) is 0 Å². The molecule has 0 aliphatic carbocycles. The third kappa shape index (κ3) is 3.55. The molecule has 0 amide bonds. The molecule has 0 atom stereocenters. The quantitative estimate of drug-likeness (QED) is 0.816. The summed E-state index contributed by atoms with van der Waals surface area (Å²) in [4.78, 5) is 11.5. The minimum atomic E-state index is 0.357. The maximum atomic E-state index is 4.74. The molecule has 3 rings (SSSR count). The zero-order valence-corrected chi connectivity index (χ0v) is 14.4. The standard InChI is InChI=1S/C16H25BN6/c1-10(2)14-13(15(17)22-21-14)12-4-7-18-16(20-12)19-11-5-8-23(3)9-6-11/h4,7,10-11H,5-6,8-9,17H2,1-3H3,(H,21,22)(H,18,19,20). The van der Waals surface area contributed by atoms with Gasteiger partial charge in [-0.3, -0.25) is 5.10 Å². The molecule has 2 aromatic rings. The first kappa shape index (κ1) is 16.0. The molecule has 0 radical (unpaired) electrons. The van der Waals surface area contributed by atoms with Gasteiger partial charge in [-0.25, -0.2) is 9.97 Å². The van der Waals surface area contributed by atoms with E-state index in [2.05, 4.69) is 46.3 Å². The van der Waals surface area contributed by atoms with E-state index in [0.29, 0.717) is 17.9 Å². The Kier molecular flexibility index (Phi) is 4.66. The smallest absolute Gasteiger partial charge is 0.223 e. The van der Waals surface area contributed by atoms with E-state index in [1.54, 1.807) is 0 Å². The molecular formula is C16H25BN6. The van der Waals surface area contributed by atoms with Gasteiger partial charge in [-0.05, 0) is 50.6 Å². The molecule has 0 unspecified atom stereocenters. The molecule has 1 saturated heterocycles. The van der Waals surface area contributed by atoms with Gasteiger partial charge >= 0.3 is 0 Å². The topological polar surface area (TPSA) is 69.7 Å². The number of aromatic amines is 1. The average Bonchev–Trinajstić information content (AvgIpc) is 2.92. The van der Waals surface area contributed by atoms with Crippen LogP contribution in [0.15, 0.2) is 12.3 Å². The van der Waals surface area contributed by atoms with Gasteiger partial charge in [-0.1, -0.05) is 13.8 Å². The van der Waals surface area contributed by atoms with E-state index in [-0.39, 0.29) is 0 Å². The molecule has 3 heterocycles. The van der Waals surface area contributed by atoms with Crippen molar-refractivity contribution in [2.45, 2.75) is 38.6 Å². The van der Waals surface area contributed by atoms with Crippen LogP contribution in [0.3, 0.4) is 0 Å².